The van der Waals surface area contributed by atoms with Crippen molar-refractivity contribution in [1.29, 1.82) is 0 Å². The lowest BCUT2D eigenvalue weighted by Crippen LogP contribution is -2.60. The number of nitrogens with zero attached hydrogens (tertiary/aromatic N) is 4. The van der Waals surface area contributed by atoms with Crippen molar-refractivity contribution in [3.63, 3.8) is 0 Å². The zero-order valence-electron chi connectivity index (χ0n) is 35.9. The Kier molecular flexibility index (Phi) is 11.5. The number of aromatic nitrogens is 1. The summed E-state index contributed by atoms with van der Waals surface area (Å²) >= 11 is 0. The van der Waals surface area contributed by atoms with Crippen molar-refractivity contribution in [3.05, 3.63) is 36.4 Å². The first-order valence-corrected chi connectivity index (χ1v) is 23.3. The molecule has 16 nitrogen and oxygen atoms in total. The molecule has 0 spiro atoms. The summed E-state index contributed by atoms with van der Waals surface area (Å²) in [7, 11) is -2.44. The van der Waals surface area contributed by atoms with Crippen LogP contribution in [0.25, 0.3) is 10.8 Å². The Morgan fingerprint density at radius 2 is 1.82 bits per heavy atom. The molecular weight excluding hydrogens is 805 g/mol. The molecule has 4 heterocycles. The zero-order valence-corrected chi connectivity index (χ0v) is 36.7. The number of pyridine rings is 1. The number of allylic oxidation sites excluding steroid dienone is 1. The van der Waals surface area contributed by atoms with Crippen LogP contribution in [-0.2, 0) is 29.1 Å². The van der Waals surface area contributed by atoms with Crippen LogP contribution in [0.2, 0.25) is 0 Å². The highest BCUT2D eigenvalue weighted by atomic mass is 32.2. The lowest BCUT2D eigenvalue weighted by molar-refractivity contribution is -0.144. The number of carbonyl (C=O) groups is 4. The maximum atomic E-state index is 15.3. The second kappa shape index (κ2) is 16.2. The average Bonchev–Trinajstić information content (AvgIpc) is 4.19. The Morgan fingerprint density at radius 1 is 1.08 bits per heavy atom. The van der Waals surface area contributed by atoms with Gasteiger partial charge in [-0.2, -0.15) is 4.98 Å². The molecule has 5 fully saturated rings. The van der Waals surface area contributed by atoms with Gasteiger partial charge in [-0.25, -0.2) is 13.2 Å². The van der Waals surface area contributed by atoms with Crippen LogP contribution in [-0.4, -0.2) is 127 Å². The number of anilines is 1. The number of morpholine rings is 1. The Labute approximate surface area is 357 Å². The molecule has 4 amide bonds. The molecule has 17 heteroatoms. The summed E-state index contributed by atoms with van der Waals surface area (Å²) < 4.78 is 45.8. The van der Waals surface area contributed by atoms with Gasteiger partial charge in [-0.15, -0.1) is 0 Å². The van der Waals surface area contributed by atoms with E-state index in [4.69, 9.17) is 19.2 Å². The van der Waals surface area contributed by atoms with Gasteiger partial charge in [0, 0.05) is 37.4 Å². The van der Waals surface area contributed by atoms with Gasteiger partial charge in [0.2, 0.25) is 27.7 Å². The van der Waals surface area contributed by atoms with E-state index in [-0.39, 0.29) is 37.3 Å². The number of fused-ring (bicyclic) bond motifs is 3. The second-order valence-electron chi connectivity index (χ2n) is 19.1. The van der Waals surface area contributed by atoms with E-state index in [2.05, 4.69) is 21.9 Å². The van der Waals surface area contributed by atoms with Crippen LogP contribution < -0.4 is 24.4 Å². The van der Waals surface area contributed by atoms with Gasteiger partial charge in [-0.1, -0.05) is 32.9 Å². The highest BCUT2D eigenvalue weighted by molar-refractivity contribution is 7.91. The number of amides is 4. The maximum Gasteiger partial charge on any atom is 0.408 e. The number of benzene rings is 1. The molecule has 3 saturated carbocycles. The van der Waals surface area contributed by atoms with Crippen LogP contribution >= 0.6 is 0 Å². The predicted octanol–water partition coefficient (Wildman–Crippen LogP) is 4.46. The van der Waals surface area contributed by atoms with Crippen LogP contribution in [0.15, 0.2) is 36.4 Å². The van der Waals surface area contributed by atoms with Crippen molar-refractivity contribution >= 4 is 50.4 Å². The van der Waals surface area contributed by atoms with Gasteiger partial charge < -0.3 is 34.4 Å². The number of rotatable bonds is 10. The quantitative estimate of drug-likeness (QED) is 0.284. The fraction of sp³-hybridized carbons (Fsp3) is 0.659. The Morgan fingerprint density at radius 3 is 2.49 bits per heavy atom. The lowest BCUT2D eigenvalue weighted by atomic mass is 9.86. The minimum absolute atomic E-state index is 0.00947. The van der Waals surface area contributed by atoms with Gasteiger partial charge in [-0.05, 0) is 105 Å². The van der Waals surface area contributed by atoms with E-state index in [9.17, 15) is 27.9 Å². The maximum absolute atomic E-state index is 15.3. The molecule has 0 bridgehead atoms. The molecule has 8 rings (SSSR count). The molecule has 3 aliphatic carbocycles. The number of methoxy groups -OCH3 is 1. The third kappa shape index (κ3) is 8.73. The van der Waals surface area contributed by atoms with E-state index in [1.54, 1.807) is 14.0 Å². The van der Waals surface area contributed by atoms with Crippen molar-refractivity contribution in [2.45, 2.75) is 114 Å². The van der Waals surface area contributed by atoms with Gasteiger partial charge in [0.25, 0.3) is 5.91 Å². The average molecular weight is 865 g/mol. The molecule has 7 atom stereocenters. The molecule has 0 radical (unpaired) electrons. The highest BCUT2D eigenvalue weighted by Crippen LogP contribution is 2.49. The van der Waals surface area contributed by atoms with Crippen molar-refractivity contribution in [2.24, 2.45) is 23.2 Å². The monoisotopic (exact) mass is 864 g/mol. The number of sulfonamides is 1. The van der Waals surface area contributed by atoms with Gasteiger partial charge in [-0.3, -0.25) is 24.0 Å². The van der Waals surface area contributed by atoms with E-state index >= 15 is 4.79 Å². The Balaban J connectivity index is 1.17. The van der Waals surface area contributed by atoms with E-state index in [1.807, 2.05) is 50.3 Å². The SMILES string of the molecule is COc1ccc2c(O[C@@H]3C[C@H]4C(=O)N[C@]5(C(=O)NS(=O)(=O)C6(C)CC6)C[C@H]5/C=C\CC[C@H](C)C[C@@H](C)[C@H](N(CC5(C)CC5)C(=O)O)C(=O)N4C3)nc(N3CCOCC3)cc2c1. The molecule has 3 N–H and O–H groups in total. The molecule has 2 aromatic rings. The first kappa shape index (κ1) is 43.0. The largest absolute Gasteiger partial charge is 0.497 e. The summed E-state index contributed by atoms with van der Waals surface area (Å²) in [6, 6.07) is 5.25. The molecule has 0 unspecified atom stereocenters. The summed E-state index contributed by atoms with van der Waals surface area (Å²) in [5.74, 6) is -1.09. The fourth-order valence-electron chi connectivity index (χ4n) is 9.40. The van der Waals surface area contributed by atoms with Crippen LogP contribution in [0.1, 0.15) is 85.5 Å². The molecule has 2 saturated heterocycles. The number of hydrogen-bond acceptors (Lipinski definition) is 11. The molecule has 3 aliphatic heterocycles. The summed E-state index contributed by atoms with van der Waals surface area (Å²) in [4.78, 5) is 67.2. The summed E-state index contributed by atoms with van der Waals surface area (Å²) in [6.07, 6.45) is 6.58. The van der Waals surface area contributed by atoms with Gasteiger partial charge in [0.1, 0.15) is 35.3 Å². The number of hydrogen-bond donors (Lipinski definition) is 3. The van der Waals surface area contributed by atoms with E-state index in [0.29, 0.717) is 74.8 Å². The molecular formula is C44H60N6O10S. The van der Waals surface area contributed by atoms with Crippen LogP contribution in [0, 0.1) is 23.2 Å². The zero-order chi connectivity index (χ0) is 43.5. The van der Waals surface area contributed by atoms with Gasteiger partial charge in [0.15, 0.2) is 0 Å². The summed E-state index contributed by atoms with van der Waals surface area (Å²) in [6.45, 7) is 10.1. The predicted molar refractivity (Wildman–Crippen MR) is 227 cm³/mol. The molecule has 61 heavy (non-hydrogen) atoms. The third-order valence-electron chi connectivity index (χ3n) is 14.0. The lowest BCUT2D eigenvalue weighted by Gasteiger charge is -2.38. The van der Waals surface area contributed by atoms with Gasteiger partial charge >= 0.3 is 6.09 Å². The van der Waals surface area contributed by atoms with Gasteiger partial charge in [0.05, 0.1) is 31.6 Å². The minimum atomic E-state index is -4.03. The van der Waals surface area contributed by atoms with Crippen LogP contribution in [0.3, 0.4) is 0 Å². The molecule has 6 aliphatic rings. The Hall–Kier alpha value is -4.64. The van der Waals surface area contributed by atoms with Crippen LogP contribution in [0.5, 0.6) is 11.6 Å². The molecule has 332 valence electrons. The van der Waals surface area contributed by atoms with Crippen molar-refractivity contribution in [1.82, 2.24) is 24.8 Å². The first-order valence-electron chi connectivity index (χ1n) is 21.8. The standard InChI is InChI=1S/C44H60N6O10S/c1-27-8-6-7-9-30-24-44(30,40(53)47-61(56,57)43(4)14-15-43)46-37(51)34-23-32(25-49(34)39(52)36(28(2)20-27)50(41(54)55)26-42(3)12-13-42)60-38-33-11-10-31(58-5)21-29(33)22-35(45-38)48-16-18-59-19-17-48/h7,9-11,21-22,27-28,30,32,34,36H,6,8,12-20,23-26H2,1-5H3,(H,46,51)(H,47,53)(H,54,55)/b9-7-/t27-,28+,30+,32+,34-,36-,44+/m0/s1. The number of ether oxygens (including phenoxy) is 3. The van der Waals surface area contributed by atoms with Crippen molar-refractivity contribution in [2.75, 3.05) is 51.4 Å². The van der Waals surface area contributed by atoms with Crippen LogP contribution in [0.4, 0.5) is 10.6 Å². The molecule has 1 aromatic heterocycles. The highest BCUT2D eigenvalue weighted by Gasteiger charge is 2.63. The minimum Gasteiger partial charge on any atom is -0.497 e. The van der Waals surface area contributed by atoms with E-state index < -0.39 is 74.1 Å². The fourth-order valence-corrected chi connectivity index (χ4v) is 10.7. The van der Waals surface area contributed by atoms with E-state index in [0.717, 1.165) is 24.6 Å². The molecule has 1 aromatic carbocycles. The van der Waals surface area contributed by atoms with E-state index in [1.165, 1.54) is 9.80 Å². The van der Waals surface area contributed by atoms with Crippen molar-refractivity contribution < 1.29 is 46.9 Å². The Bertz CT molecular complexity index is 2200. The number of carboxylic acid groups (broad SMARTS) is 1. The summed E-state index contributed by atoms with van der Waals surface area (Å²) in [5, 5.41) is 15.2. The number of nitrogens with one attached hydrogen (secondary N) is 2. The second-order valence-corrected chi connectivity index (χ2v) is 21.3. The third-order valence-corrected chi connectivity index (χ3v) is 16.2. The topological polar surface area (TPSA) is 197 Å². The normalized spacial score (nSPS) is 31.4. The summed E-state index contributed by atoms with van der Waals surface area (Å²) in [5.41, 5.74) is -1.81. The first-order chi connectivity index (χ1) is 28.9. The van der Waals surface area contributed by atoms with Crippen molar-refractivity contribution in [3.8, 4) is 11.6 Å². The number of carbonyl (C=O) groups excluding carboxylic acids is 3. The smallest absolute Gasteiger partial charge is 0.408 e.